The Balaban J connectivity index is 2.45. The first-order valence-corrected chi connectivity index (χ1v) is 8.02. The third-order valence-electron chi connectivity index (χ3n) is 3.36. The number of halogens is 3. The smallest absolute Gasteiger partial charge is 0.353 e. The highest BCUT2D eigenvalue weighted by atomic mass is 32.2. The van der Waals surface area contributed by atoms with Crippen molar-refractivity contribution in [3.63, 3.8) is 0 Å². The quantitative estimate of drug-likeness (QED) is 0.837. The molecule has 1 fully saturated rings. The Labute approximate surface area is 131 Å². The van der Waals surface area contributed by atoms with Crippen LogP contribution >= 0.6 is 0 Å². The summed E-state index contributed by atoms with van der Waals surface area (Å²) in [6.07, 6.45) is 0.320. The van der Waals surface area contributed by atoms with Gasteiger partial charge in [0.25, 0.3) is 0 Å². The predicted molar refractivity (Wildman–Crippen MR) is 75.6 cm³/mol. The van der Waals surface area contributed by atoms with Crippen LogP contribution in [-0.4, -0.2) is 37.8 Å². The van der Waals surface area contributed by atoms with Crippen LogP contribution in [0.2, 0.25) is 0 Å². The average Bonchev–Trinajstić information content (AvgIpc) is 2.48. The summed E-state index contributed by atoms with van der Waals surface area (Å²) >= 11 is 0. The van der Waals surface area contributed by atoms with E-state index in [9.17, 15) is 26.4 Å². The van der Waals surface area contributed by atoms with Crippen molar-refractivity contribution in [1.82, 2.24) is 9.62 Å². The molecule has 1 aliphatic heterocycles. The van der Waals surface area contributed by atoms with Crippen LogP contribution in [0.3, 0.4) is 0 Å². The molecule has 1 aromatic rings. The van der Waals surface area contributed by atoms with Gasteiger partial charge in [0, 0.05) is 19.5 Å². The van der Waals surface area contributed by atoms with Crippen LogP contribution in [-0.2, 0) is 21.0 Å². The lowest BCUT2D eigenvalue weighted by Crippen LogP contribution is -2.56. The van der Waals surface area contributed by atoms with Crippen LogP contribution in [0.5, 0.6) is 0 Å². The molecule has 5 nitrogen and oxygen atoms in total. The maximum atomic E-state index is 12.8. The fraction of sp³-hybridized carbons (Fsp3) is 0.357. The summed E-state index contributed by atoms with van der Waals surface area (Å²) in [6.45, 7) is 0.00869. The molecular weight excluding hydrogens is 333 g/mol. The normalized spacial score (nSPS) is 19.9. The van der Waals surface area contributed by atoms with Crippen molar-refractivity contribution < 1.29 is 26.4 Å². The highest BCUT2D eigenvalue weighted by Gasteiger charge is 2.39. The van der Waals surface area contributed by atoms with Gasteiger partial charge in [0.1, 0.15) is 6.04 Å². The molecule has 0 spiro atoms. The summed E-state index contributed by atoms with van der Waals surface area (Å²) in [5, 5.41) is 2.49. The number of amides is 1. The zero-order chi connectivity index (χ0) is 17.3. The van der Waals surface area contributed by atoms with E-state index in [2.05, 4.69) is 11.2 Å². The third-order valence-corrected chi connectivity index (χ3v) is 5.27. The number of benzene rings is 1. The Bertz CT molecular complexity index is 753. The van der Waals surface area contributed by atoms with Crippen LogP contribution in [0.1, 0.15) is 12.0 Å². The molecule has 0 bridgehead atoms. The maximum absolute atomic E-state index is 12.8. The van der Waals surface area contributed by atoms with E-state index in [0.717, 1.165) is 22.5 Å². The zero-order valence-corrected chi connectivity index (χ0v) is 12.6. The summed E-state index contributed by atoms with van der Waals surface area (Å²) in [7, 11) is -4.27. The second kappa shape index (κ2) is 6.22. The number of hydrogen-bond donors (Lipinski definition) is 1. The fourth-order valence-corrected chi connectivity index (χ4v) is 3.89. The molecule has 1 aliphatic rings. The lowest BCUT2D eigenvalue weighted by atomic mass is 10.1. The van der Waals surface area contributed by atoms with Crippen LogP contribution in [0.25, 0.3) is 0 Å². The van der Waals surface area contributed by atoms with E-state index in [1.807, 2.05) is 0 Å². The first kappa shape index (κ1) is 17.3. The van der Waals surface area contributed by atoms with Gasteiger partial charge in [0.05, 0.1) is 10.5 Å². The Morgan fingerprint density at radius 3 is 2.70 bits per heavy atom. The van der Waals surface area contributed by atoms with E-state index in [-0.39, 0.29) is 19.5 Å². The molecule has 1 heterocycles. The average molecular weight is 346 g/mol. The molecule has 0 saturated carbocycles. The van der Waals surface area contributed by atoms with Gasteiger partial charge >= 0.3 is 6.18 Å². The van der Waals surface area contributed by atoms with E-state index < -0.39 is 38.6 Å². The number of sulfonamides is 1. The van der Waals surface area contributed by atoms with Gasteiger partial charge < -0.3 is 5.32 Å². The summed E-state index contributed by atoms with van der Waals surface area (Å²) in [6, 6.07) is 2.27. The maximum Gasteiger partial charge on any atom is 0.416 e. The van der Waals surface area contributed by atoms with E-state index in [4.69, 9.17) is 6.42 Å². The van der Waals surface area contributed by atoms with Crippen molar-refractivity contribution in [3.05, 3.63) is 29.8 Å². The second-order valence-corrected chi connectivity index (χ2v) is 6.75. The number of nitrogens with one attached hydrogen (secondary N) is 1. The van der Waals surface area contributed by atoms with Crippen LogP contribution in [0.4, 0.5) is 13.2 Å². The molecule has 2 rings (SSSR count). The minimum absolute atomic E-state index is 0.0589. The lowest BCUT2D eigenvalue weighted by molar-refractivity contribution is -0.137. The number of nitrogens with zero attached hydrogens (tertiary/aromatic N) is 1. The fourth-order valence-electron chi connectivity index (χ4n) is 2.26. The zero-order valence-electron chi connectivity index (χ0n) is 11.8. The summed E-state index contributed by atoms with van der Waals surface area (Å²) in [4.78, 5) is 11.3. The van der Waals surface area contributed by atoms with Crippen LogP contribution in [0.15, 0.2) is 29.2 Å². The van der Waals surface area contributed by atoms with Gasteiger partial charge in [0.2, 0.25) is 15.9 Å². The molecule has 1 saturated heterocycles. The number of piperazine rings is 1. The molecule has 23 heavy (non-hydrogen) atoms. The highest BCUT2D eigenvalue weighted by molar-refractivity contribution is 7.89. The number of carbonyl (C=O) groups is 1. The van der Waals surface area contributed by atoms with Crippen molar-refractivity contribution in [3.8, 4) is 12.3 Å². The van der Waals surface area contributed by atoms with Crippen LogP contribution < -0.4 is 5.32 Å². The van der Waals surface area contributed by atoms with Gasteiger partial charge in [-0.1, -0.05) is 6.07 Å². The molecule has 1 amide bonds. The minimum Gasteiger partial charge on any atom is -0.353 e. The number of carbonyl (C=O) groups excluding carboxylic acids is 1. The first-order valence-electron chi connectivity index (χ1n) is 6.58. The van der Waals surface area contributed by atoms with Crippen molar-refractivity contribution in [2.24, 2.45) is 0 Å². The van der Waals surface area contributed by atoms with Gasteiger partial charge in [0.15, 0.2) is 0 Å². The molecule has 1 aromatic carbocycles. The molecular formula is C14H13F3N2O3S. The highest BCUT2D eigenvalue weighted by Crippen LogP contribution is 2.31. The predicted octanol–water partition coefficient (Wildman–Crippen LogP) is 1.22. The SMILES string of the molecule is C#CCC1C(=O)NCCN1S(=O)(=O)c1cccc(C(F)(F)F)c1. The number of hydrogen-bond acceptors (Lipinski definition) is 3. The molecule has 1 unspecified atom stereocenters. The first-order chi connectivity index (χ1) is 10.7. The van der Waals surface area contributed by atoms with Crippen molar-refractivity contribution in [2.45, 2.75) is 23.5 Å². The van der Waals surface area contributed by atoms with E-state index in [1.165, 1.54) is 0 Å². The van der Waals surface area contributed by atoms with E-state index in [0.29, 0.717) is 6.07 Å². The van der Waals surface area contributed by atoms with Crippen LogP contribution in [0, 0.1) is 12.3 Å². The molecule has 124 valence electrons. The minimum atomic E-state index is -4.66. The van der Waals surface area contributed by atoms with Crippen molar-refractivity contribution >= 4 is 15.9 Å². The monoisotopic (exact) mass is 346 g/mol. The van der Waals surface area contributed by atoms with E-state index in [1.54, 1.807) is 0 Å². The molecule has 1 atom stereocenters. The molecule has 0 radical (unpaired) electrons. The summed E-state index contributed by atoms with van der Waals surface area (Å²) in [5.41, 5.74) is -1.08. The van der Waals surface area contributed by atoms with E-state index >= 15 is 0 Å². The molecule has 9 heteroatoms. The summed E-state index contributed by atoms with van der Waals surface area (Å²) < 4.78 is 64.3. The topological polar surface area (TPSA) is 66.5 Å². The van der Waals surface area contributed by atoms with Gasteiger partial charge in [-0.15, -0.1) is 12.3 Å². The van der Waals surface area contributed by atoms with Gasteiger partial charge in [-0.2, -0.15) is 17.5 Å². The Morgan fingerprint density at radius 2 is 2.09 bits per heavy atom. The molecule has 0 aromatic heterocycles. The summed E-state index contributed by atoms with van der Waals surface area (Å²) in [5.74, 6) is 1.65. The Morgan fingerprint density at radius 1 is 1.39 bits per heavy atom. The number of rotatable bonds is 3. The van der Waals surface area contributed by atoms with Crippen molar-refractivity contribution in [2.75, 3.05) is 13.1 Å². The third kappa shape index (κ3) is 3.48. The number of alkyl halides is 3. The standard InChI is InChI=1S/C14H13F3N2O3S/c1-2-4-12-13(20)18-7-8-19(12)23(21,22)11-6-3-5-10(9-11)14(15,16)17/h1,3,5-6,9,12H,4,7-8H2,(H,18,20). The Kier molecular flexibility index (Phi) is 4.68. The molecule has 1 N–H and O–H groups in total. The van der Waals surface area contributed by atoms with Gasteiger partial charge in [-0.3, -0.25) is 4.79 Å². The molecule has 0 aliphatic carbocycles. The van der Waals surface area contributed by atoms with Crippen molar-refractivity contribution in [1.29, 1.82) is 0 Å². The largest absolute Gasteiger partial charge is 0.416 e. The van der Waals surface area contributed by atoms with Gasteiger partial charge in [-0.25, -0.2) is 8.42 Å². The lowest BCUT2D eigenvalue weighted by Gasteiger charge is -2.33. The Hall–Kier alpha value is -2.05. The second-order valence-electron chi connectivity index (χ2n) is 4.86. The van der Waals surface area contributed by atoms with Gasteiger partial charge in [-0.05, 0) is 18.2 Å². The number of terminal acetylenes is 1.